The van der Waals surface area contributed by atoms with Crippen LogP contribution in [0.1, 0.15) is 35.6 Å². The van der Waals surface area contributed by atoms with E-state index in [9.17, 15) is 22.8 Å². The topological polar surface area (TPSA) is 60.1 Å². The number of likely N-dealkylation sites (tertiary alicyclic amines) is 1. The van der Waals surface area contributed by atoms with Crippen molar-refractivity contribution < 1.29 is 13.2 Å². The van der Waals surface area contributed by atoms with Crippen molar-refractivity contribution in [2.45, 2.75) is 31.5 Å². The van der Waals surface area contributed by atoms with Gasteiger partial charge in [0.05, 0.1) is 10.9 Å². The van der Waals surface area contributed by atoms with Crippen molar-refractivity contribution in [1.29, 1.82) is 0 Å². The Kier molecular flexibility index (Phi) is 5.47. The number of aromatic nitrogens is 3. The van der Waals surface area contributed by atoms with Gasteiger partial charge in [0.2, 0.25) is 0 Å². The summed E-state index contributed by atoms with van der Waals surface area (Å²) in [5.41, 5.74) is -1.55. The van der Waals surface area contributed by atoms with Crippen molar-refractivity contribution in [2.24, 2.45) is 14.1 Å². The van der Waals surface area contributed by atoms with Crippen molar-refractivity contribution in [3.63, 3.8) is 0 Å². The normalized spacial score (nSPS) is 17.9. The first kappa shape index (κ1) is 21.3. The number of hydrogen-bond donors (Lipinski definition) is 0. The van der Waals surface area contributed by atoms with E-state index >= 15 is 0 Å². The fraction of sp³-hybridized carbons (Fsp3) is 0.409. The zero-order valence-electron chi connectivity index (χ0n) is 17.3. The molecule has 1 aliphatic heterocycles. The number of rotatable bonds is 3. The summed E-state index contributed by atoms with van der Waals surface area (Å²) in [5, 5.41) is -0.571. The number of pyridine rings is 1. The van der Waals surface area contributed by atoms with Crippen molar-refractivity contribution in [3.05, 3.63) is 74.1 Å². The lowest BCUT2D eigenvalue weighted by molar-refractivity contribution is -0.136. The maximum atomic E-state index is 13.9. The zero-order chi connectivity index (χ0) is 22.3. The molecule has 3 aromatic rings. The number of fused-ring (bicyclic) bond motifs is 1. The highest BCUT2D eigenvalue weighted by Crippen LogP contribution is 2.36. The van der Waals surface area contributed by atoms with Gasteiger partial charge in [0.15, 0.2) is 0 Å². The fourth-order valence-electron chi connectivity index (χ4n) is 4.29. The molecule has 31 heavy (non-hydrogen) atoms. The molecule has 1 atom stereocenters. The standard InChI is InChI=1S/C22H23F3N4O2/c1-27-19-18(20(30)28(2)21(27)31)16(22(23,24)25)11-17(26-19)15-9-6-10-29(13-15)12-14-7-4-3-5-8-14/h3-5,7-8,11,15H,6,9-10,12-13H2,1-2H3. The summed E-state index contributed by atoms with van der Waals surface area (Å²) < 4.78 is 43.4. The molecule has 9 heteroatoms. The highest BCUT2D eigenvalue weighted by molar-refractivity contribution is 5.79. The Morgan fingerprint density at radius 3 is 2.48 bits per heavy atom. The molecule has 0 spiro atoms. The van der Waals surface area contributed by atoms with Gasteiger partial charge in [-0.25, -0.2) is 9.78 Å². The molecule has 1 saturated heterocycles. The lowest BCUT2D eigenvalue weighted by Gasteiger charge is -2.33. The summed E-state index contributed by atoms with van der Waals surface area (Å²) in [6.07, 6.45) is -3.22. The van der Waals surface area contributed by atoms with Crippen molar-refractivity contribution in [1.82, 2.24) is 19.0 Å². The lowest BCUT2D eigenvalue weighted by atomic mass is 9.92. The average Bonchev–Trinajstić information content (AvgIpc) is 2.75. The molecular formula is C22H23F3N4O2. The van der Waals surface area contributed by atoms with Crippen LogP contribution in [0.4, 0.5) is 13.2 Å². The Morgan fingerprint density at radius 2 is 1.81 bits per heavy atom. The Balaban J connectivity index is 1.79. The molecular weight excluding hydrogens is 409 g/mol. The third-order valence-corrected chi connectivity index (χ3v) is 5.91. The molecule has 2 aromatic heterocycles. The first-order valence-corrected chi connectivity index (χ1v) is 10.1. The summed E-state index contributed by atoms with van der Waals surface area (Å²) in [5.74, 6) is -0.220. The van der Waals surface area contributed by atoms with Crippen LogP contribution in [0.2, 0.25) is 0 Å². The van der Waals surface area contributed by atoms with E-state index in [4.69, 9.17) is 0 Å². The maximum absolute atomic E-state index is 13.9. The molecule has 0 saturated carbocycles. The van der Waals surface area contributed by atoms with Crippen LogP contribution >= 0.6 is 0 Å². The van der Waals surface area contributed by atoms with Crippen LogP contribution in [0.25, 0.3) is 11.0 Å². The molecule has 6 nitrogen and oxygen atoms in total. The summed E-state index contributed by atoms with van der Waals surface area (Å²) >= 11 is 0. The first-order chi connectivity index (χ1) is 14.7. The molecule has 0 N–H and O–H groups in total. The minimum Gasteiger partial charge on any atom is -0.298 e. The van der Waals surface area contributed by atoms with Crippen LogP contribution < -0.4 is 11.2 Å². The second kappa shape index (κ2) is 7.96. The van der Waals surface area contributed by atoms with Gasteiger partial charge < -0.3 is 0 Å². The molecule has 1 unspecified atom stereocenters. The van der Waals surface area contributed by atoms with Gasteiger partial charge in [-0.2, -0.15) is 13.2 Å². The number of aryl methyl sites for hydroxylation is 1. The molecule has 0 bridgehead atoms. The molecule has 3 heterocycles. The Morgan fingerprint density at radius 1 is 1.10 bits per heavy atom. The highest BCUT2D eigenvalue weighted by Gasteiger charge is 2.37. The summed E-state index contributed by atoms with van der Waals surface area (Å²) in [7, 11) is 2.50. The number of nitrogens with zero attached hydrogens (tertiary/aromatic N) is 4. The molecule has 0 amide bonds. The predicted octanol–water partition coefficient (Wildman–Crippen LogP) is 3.03. The van der Waals surface area contributed by atoms with Crippen LogP contribution in [-0.4, -0.2) is 32.1 Å². The summed E-state index contributed by atoms with van der Waals surface area (Å²) in [6, 6.07) is 10.9. The smallest absolute Gasteiger partial charge is 0.298 e. The number of piperidine rings is 1. The van der Waals surface area contributed by atoms with Gasteiger partial charge in [0.25, 0.3) is 5.56 Å². The quantitative estimate of drug-likeness (QED) is 0.639. The number of halogens is 3. The molecule has 1 fully saturated rings. The Labute approximate surface area is 176 Å². The predicted molar refractivity (Wildman–Crippen MR) is 111 cm³/mol. The highest BCUT2D eigenvalue weighted by atomic mass is 19.4. The summed E-state index contributed by atoms with van der Waals surface area (Å²) in [4.78, 5) is 31.4. The van der Waals surface area contributed by atoms with E-state index in [1.165, 1.54) is 14.1 Å². The van der Waals surface area contributed by atoms with Crippen LogP contribution in [0.5, 0.6) is 0 Å². The van der Waals surface area contributed by atoms with Gasteiger partial charge in [0, 0.05) is 38.8 Å². The van der Waals surface area contributed by atoms with Crippen LogP contribution in [0.15, 0.2) is 46.0 Å². The van der Waals surface area contributed by atoms with Gasteiger partial charge in [-0.15, -0.1) is 0 Å². The van der Waals surface area contributed by atoms with Crippen molar-refractivity contribution in [2.75, 3.05) is 13.1 Å². The van der Waals surface area contributed by atoms with E-state index in [0.717, 1.165) is 29.2 Å². The monoisotopic (exact) mass is 432 g/mol. The first-order valence-electron chi connectivity index (χ1n) is 10.1. The van der Waals surface area contributed by atoms with Crippen LogP contribution in [-0.2, 0) is 26.8 Å². The second-order valence-electron chi connectivity index (χ2n) is 8.06. The molecule has 164 valence electrons. The SMILES string of the molecule is Cn1c(=O)c2c(C(F)(F)F)cc(C3CCCN(Cc4ccccc4)C3)nc2n(C)c1=O. The van der Waals surface area contributed by atoms with Gasteiger partial charge in [-0.05, 0) is 31.0 Å². The van der Waals surface area contributed by atoms with Gasteiger partial charge >= 0.3 is 11.9 Å². The van der Waals surface area contributed by atoms with Gasteiger partial charge in [-0.1, -0.05) is 30.3 Å². The van der Waals surface area contributed by atoms with E-state index in [-0.39, 0.29) is 17.3 Å². The Hall–Kier alpha value is -2.94. The third-order valence-electron chi connectivity index (χ3n) is 5.91. The third kappa shape index (κ3) is 4.01. The fourth-order valence-corrected chi connectivity index (χ4v) is 4.29. The van der Waals surface area contributed by atoms with Crippen molar-refractivity contribution >= 4 is 11.0 Å². The molecule has 4 rings (SSSR count). The van der Waals surface area contributed by atoms with Crippen LogP contribution in [0.3, 0.4) is 0 Å². The zero-order valence-corrected chi connectivity index (χ0v) is 17.3. The van der Waals surface area contributed by atoms with E-state index in [1.54, 1.807) is 0 Å². The van der Waals surface area contributed by atoms with E-state index in [0.29, 0.717) is 24.1 Å². The molecule has 1 aromatic carbocycles. The van der Waals surface area contributed by atoms with E-state index in [1.807, 2.05) is 30.3 Å². The summed E-state index contributed by atoms with van der Waals surface area (Å²) in [6.45, 7) is 2.11. The van der Waals surface area contributed by atoms with Crippen molar-refractivity contribution in [3.8, 4) is 0 Å². The maximum Gasteiger partial charge on any atom is 0.417 e. The average molecular weight is 432 g/mol. The molecule has 1 aliphatic rings. The molecule has 0 radical (unpaired) electrons. The Bertz CT molecular complexity index is 1230. The van der Waals surface area contributed by atoms with Gasteiger partial charge in [-0.3, -0.25) is 18.8 Å². The minimum atomic E-state index is -4.74. The van der Waals surface area contributed by atoms with Crippen LogP contribution in [0, 0.1) is 0 Å². The molecule has 0 aliphatic carbocycles. The van der Waals surface area contributed by atoms with E-state index < -0.39 is 28.4 Å². The van der Waals surface area contributed by atoms with E-state index in [2.05, 4.69) is 9.88 Å². The number of benzene rings is 1. The number of alkyl halides is 3. The largest absolute Gasteiger partial charge is 0.417 e. The lowest BCUT2D eigenvalue weighted by Crippen LogP contribution is -2.39. The minimum absolute atomic E-state index is 0.220. The van der Waals surface area contributed by atoms with Gasteiger partial charge in [0.1, 0.15) is 5.65 Å². The number of hydrogen-bond acceptors (Lipinski definition) is 4. The second-order valence-corrected chi connectivity index (χ2v) is 8.06.